The Morgan fingerprint density at radius 1 is 1.64 bits per heavy atom. The molecule has 4 nitrogen and oxygen atoms in total. The predicted molar refractivity (Wildman–Crippen MR) is 57.4 cm³/mol. The quantitative estimate of drug-likeness (QED) is 0.432. The minimum atomic E-state index is 0.0497. The number of hydrogen-bond acceptors (Lipinski definition) is 3. The third-order valence-corrected chi connectivity index (χ3v) is 2.07. The molecule has 0 aromatic carbocycles. The highest BCUT2D eigenvalue weighted by atomic mass is 15.3. The fourth-order valence-electron chi connectivity index (χ4n) is 1.48. The van der Waals surface area contributed by atoms with Crippen molar-refractivity contribution >= 4 is 0 Å². The van der Waals surface area contributed by atoms with Gasteiger partial charge in [0.1, 0.15) is 0 Å². The number of aromatic nitrogens is 2. The molecule has 0 radical (unpaired) electrons. The van der Waals surface area contributed by atoms with Crippen LogP contribution in [-0.4, -0.2) is 9.78 Å². The first kappa shape index (κ1) is 10.9. The van der Waals surface area contributed by atoms with Gasteiger partial charge in [-0.05, 0) is 20.8 Å². The highest BCUT2D eigenvalue weighted by molar-refractivity contribution is 5.25. The molecule has 14 heavy (non-hydrogen) atoms. The van der Waals surface area contributed by atoms with Gasteiger partial charge in [0.25, 0.3) is 0 Å². The average Bonchev–Trinajstić information content (AvgIpc) is 2.41. The normalized spacial score (nSPS) is 12.6. The van der Waals surface area contributed by atoms with E-state index in [1.54, 1.807) is 4.68 Å². The number of aryl methyl sites for hydroxylation is 2. The van der Waals surface area contributed by atoms with E-state index in [0.29, 0.717) is 0 Å². The number of nitrogens with two attached hydrogens (primary N) is 1. The van der Waals surface area contributed by atoms with Crippen molar-refractivity contribution in [2.24, 2.45) is 12.9 Å². The van der Waals surface area contributed by atoms with E-state index in [0.717, 1.165) is 11.3 Å². The molecule has 1 atom stereocenters. The molecule has 4 heteroatoms. The van der Waals surface area contributed by atoms with Crippen LogP contribution in [0, 0.1) is 6.92 Å². The number of allylic oxidation sites excluding steroid dienone is 1. The minimum Gasteiger partial charge on any atom is -0.275 e. The summed E-state index contributed by atoms with van der Waals surface area (Å²) in [6.45, 7) is 6.09. The molecular formula is C10H18N4. The maximum absolute atomic E-state index is 5.50. The van der Waals surface area contributed by atoms with Gasteiger partial charge < -0.3 is 0 Å². The summed E-state index contributed by atoms with van der Waals surface area (Å²) in [4.78, 5) is 0. The van der Waals surface area contributed by atoms with Crippen molar-refractivity contribution in [2.75, 3.05) is 0 Å². The lowest BCUT2D eigenvalue weighted by Gasteiger charge is -2.10. The van der Waals surface area contributed by atoms with Crippen molar-refractivity contribution in [1.82, 2.24) is 15.2 Å². The van der Waals surface area contributed by atoms with Crippen LogP contribution in [0.3, 0.4) is 0 Å². The van der Waals surface area contributed by atoms with Crippen LogP contribution in [0.25, 0.3) is 0 Å². The second-order valence-electron chi connectivity index (χ2n) is 3.73. The number of hydrazine groups is 1. The second-order valence-corrected chi connectivity index (χ2v) is 3.73. The first-order chi connectivity index (χ1) is 6.54. The summed E-state index contributed by atoms with van der Waals surface area (Å²) < 4.78 is 1.80. The first-order valence-electron chi connectivity index (χ1n) is 4.66. The van der Waals surface area contributed by atoms with Gasteiger partial charge in [-0.3, -0.25) is 10.5 Å². The van der Waals surface area contributed by atoms with Gasteiger partial charge in [0.05, 0.1) is 11.7 Å². The number of hydrogen-bond donors (Lipinski definition) is 2. The maximum atomic E-state index is 5.50. The van der Waals surface area contributed by atoms with E-state index in [9.17, 15) is 0 Å². The first-order valence-corrected chi connectivity index (χ1v) is 4.66. The molecule has 0 fully saturated rings. The molecule has 1 rings (SSSR count). The topological polar surface area (TPSA) is 55.9 Å². The molecule has 0 aliphatic heterocycles. The van der Waals surface area contributed by atoms with Crippen molar-refractivity contribution in [1.29, 1.82) is 0 Å². The van der Waals surface area contributed by atoms with Crippen LogP contribution in [0.1, 0.15) is 31.1 Å². The van der Waals surface area contributed by atoms with Gasteiger partial charge in [-0.25, -0.2) is 5.43 Å². The van der Waals surface area contributed by atoms with Crippen LogP contribution in [-0.2, 0) is 7.05 Å². The Bertz CT molecular complexity index is 334. The largest absolute Gasteiger partial charge is 0.275 e. The van der Waals surface area contributed by atoms with Crippen LogP contribution >= 0.6 is 0 Å². The molecule has 0 bridgehead atoms. The summed E-state index contributed by atoms with van der Waals surface area (Å²) in [7, 11) is 1.91. The number of nitrogens with zero attached hydrogens (tertiary/aromatic N) is 2. The lowest BCUT2D eigenvalue weighted by Crippen LogP contribution is -2.27. The third kappa shape index (κ3) is 2.43. The molecule has 3 N–H and O–H groups in total. The molecule has 0 saturated heterocycles. The zero-order valence-corrected chi connectivity index (χ0v) is 9.20. The van der Waals surface area contributed by atoms with E-state index in [-0.39, 0.29) is 6.04 Å². The number of rotatable bonds is 3. The van der Waals surface area contributed by atoms with Crippen molar-refractivity contribution in [3.63, 3.8) is 0 Å². The predicted octanol–water partition coefficient (Wildman–Crippen LogP) is 1.20. The highest BCUT2D eigenvalue weighted by Crippen LogP contribution is 2.17. The monoisotopic (exact) mass is 194 g/mol. The average molecular weight is 194 g/mol. The van der Waals surface area contributed by atoms with E-state index >= 15 is 0 Å². The van der Waals surface area contributed by atoms with E-state index in [1.807, 2.05) is 20.2 Å². The van der Waals surface area contributed by atoms with Crippen LogP contribution < -0.4 is 11.3 Å². The summed E-state index contributed by atoms with van der Waals surface area (Å²) in [5, 5.41) is 4.28. The Morgan fingerprint density at radius 2 is 2.29 bits per heavy atom. The van der Waals surface area contributed by atoms with Gasteiger partial charge in [-0.1, -0.05) is 11.6 Å². The molecule has 0 amide bonds. The van der Waals surface area contributed by atoms with E-state index in [1.165, 1.54) is 5.57 Å². The van der Waals surface area contributed by atoms with Crippen molar-refractivity contribution in [2.45, 2.75) is 26.8 Å². The smallest absolute Gasteiger partial charge is 0.0676 e. The van der Waals surface area contributed by atoms with Crippen molar-refractivity contribution in [3.05, 3.63) is 29.1 Å². The van der Waals surface area contributed by atoms with Crippen molar-refractivity contribution < 1.29 is 0 Å². The Balaban J connectivity index is 3.00. The van der Waals surface area contributed by atoms with E-state index in [4.69, 9.17) is 5.84 Å². The molecule has 0 saturated carbocycles. The van der Waals surface area contributed by atoms with Gasteiger partial charge in [-0.2, -0.15) is 5.10 Å². The van der Waals surface area contributed by atoms with Gasteiger partial charge in [-0.15, -0.1) is 0 Å². The summed E-state index contributed by atoms with van der Waals surface area (Å²) in [6.07, 6.45) is 4.07. The Hall–Kier alpha value is -1.13. The molecule has 0 aliphatic rings. The summed E-state index contributed by atoms with van der Waals surface area (Å²) in [5.41, 5.74) is 6.14. The lowest BCUT2D eigenvalue weighted by atomic mass is 10.1. The van der Waals surface area contributed by atoms with Gasteiger partial charge in [0.15, 0.2) is 0 Å². The molecule has 0 aliphatic carbocycles. The zero-order chi connectivity index (χ0) is 10.7. The molecule has 1 aromatic heterocycles. The lowest BCUT2D eigenvalue weighted by molar-refractivity contribution is 0.648. The Kier molecular flexibility index (Phi) is 3.43. The van der Waals surface area contributed by atoms with Crippen LogP contribution in [0.2, 0.25) is 0 Å². The molecule has 0 spiro atoms. The van der Waals surface area contributed by atoms with Crippen LogP contribution in [0.5, 0.6) is 0 Å². The summed E-state index contributed by atoms with van der Waals surface area (Å²) in [6, 6.07) is 0.0497. The second kappa shape index (κ2) is 4.39. The SMILES string of the molecule is CC(C)=CC(NN)c1cn(C)nc1C. The zero-order valence-electron chi connectivity index (χ0n) is 9.20. The number of nitrogens with one attached hydrogen (secondary N) is 1. The molecule has 1 aromatic rings. The molecular weight excluding hydrogens is 176 g/mol. The van der Waals surface area contributed by atoms with E-state index in [2.05, 4.69) is 30.4 Å². The third-order valence-electron chi connectivity index (χ3n) is 2.07. The minimum absolute atomic E-state index is 0.0497. The summed E-state index contributed by atoms with van der Waals surface area (Å²) in [5.74, 6) is 5.50. The summed E-state index contributed by atoms with van der Waals surface area (Å²) >= 11 is 0. The van der Waals surface area contributed by atoms with Crippen molar-refractivity contribution in [3.8, 4) is 0 Å². The van der Waals surface area contributed by atoms with Crippen LogP contribution in [0.4, 0.5) is 0 Å². The fraction of sp³-hybridized carbons (Fsp3) is 0.500. The molecule has 1 heterocycles. The van der Waals surface area contributed by atoms with Gasteiger partial charge in [0.2, 0.25) is 0 Å². The Labute approximate surface area is 84.8 Å². The van der Waals surface area contributed by atoms with Gasteiger partial charge >= 0.3 is 0 Å². The van der Waals surface area contributed by atoms with E-state index < -0.39 is 0 Å². The fourth-order valence-corrected chi connectivity index (χ4v) is 1.48. The standard InChI is InChI=1S/C10H18N4/c1-7(2)5-10(12-11)9-6-14(4)13-8(9)3/h5-6,10,12H,11H2,1-4H3. The Morgan fingerprint density at radius 3 is 2.64 bits per heavy atom. The highest BCUT2D eigenvalue weighted by Gasteiger charge is 2.11. The maximum Gasteiger partial charge on any atom is 0.0676 e. The van der Waals surface area contributed by atoms with Gasteiger partial charge in [0, 0.05) is 18.8 Å². The van der Waals surface area contributed by atoms with Crippen LogP contribution in [0.15, 0.2) is 17.8 Å². The molecule has 1 unspecified atom stereocenters. The molecule has 78 valence electrons.